The fourth-order valence-corrected chi connectivity index (χ4v) is 6.62. The standard InChI is InChI=1S/C23H34BN5O4/c1-13(27-20(30)14-7-8-19(28-25)26-12-14)21(31)29-9-5-6-18(29)24-32-17-11-15-10-16(22(15,2)3)23(17,4)33-24/h7-8,12-13,15-18H,5-6,9-11,25H2,1-4H3,(H,26,28)(H,27,30)/t13-,15-,16-,17+,18+,23-/m1/s1. The maximum Gasteiger partial charge on any atom is 0.481 e. The monoisotopic (exact) mass is 455 g/mol. The number of rotatable bonds is 5. The van der Waals surface area contributed by atoms with Crippen LogP contribution >= 0.6 is 0 Å². The molecule has 5 aliphatic rings. The third-order valence-corrected chi connectivity index (χ3v) is 8.76. The molecule has 33 heavy (non-hydrogen) atoms. The van der Waals surface area contributed by atoms with Crippen LogP contribution in [0.1, 0.15) is 63.7 Å². The number of nitrogen functional groups attached to an aromatic ring is 1. The van der Waals surface area contributed by atoms with Gasteiger partial charge in [0.2, 0.25) is 5.91 Å². The maximum atomic E-state index is 13.3. The first-order valence-corrected chi connectivity index (χ1v) is 12.0. The molecule has 3 aliphatic carbocycles. The normalized spacial score (nSPS) is 34.9. The maximum absolute atomic E-state index is 13.3. The van der Waals surface area contributed by atoms with Crippen LogP contribution in [0.4, 0.5) is 5.82 Å². The van der Waals surface area contributed by atoms with Crippen molar-refractivity contribution >= 4 is 24.8 Å². The van der Waals surface area contributed by atoms with Gasteiger partial charge in [-0.2, -0.15) is 0 Å². The molecule has 1 aromatic rings. The molecular formula is C23H34BN5O4. The molecule has 2 aliphatic heterocycles. The van der Waals surface area contributed by atoms with Crippen molar-refractivity contribution in [1.82, 2.24) is 15.2 Å². The van der Waals surface area contributed by atoms with Crippen LogP contribution in [0, 0.1) is 17.3 Å². The molecule has 4 N–H and O–H groups in total. The fraction of sp³-hybridized carbons (Fsp3) is 0.696. The van der Waals surface area contributed by atoms with Crippen molar-refractivity contribution in [2.45, 2.75) is 77.1 Å². The zero-order valence-corrected chi connectivity index (χ0v) is 19.8. The van der Waals surface area contributed by atoms with E-state index < -0.39 is 13.2 Å². The van der Waals surface area contributed by atoms with E-state index in [1.165, 1.54) is 12.6 Å². The molecule has 2 bridgehead atoms. The smallest absolute Gasteiger partial charge is 0.404 e. The van der Waals surface area contributed by atoms with Crippen LogP contribution in [-0.2, 0) is 14.1 Å². The highest BCUT2D eigenvalue weighted by Crippen LogP contribution is 2.65. The lowest BCUT2D eigenvalue weighted by molar-refractivity contribution is -0.199. The van der Waals surface area contributed by atoms with Gasteiger partial charge in [-0.15, -0.1) is 0 Å². The number of anilines is 1. The highest BCUT2D eigenvalue weighted by molar-refractivity contribution is 6.48. The van der Waals surface area contributed by atoms with Gasteiger partial charge in [0.25, 0.3) is 5.91 Å². The molecule has 6 rings (SSSR count). The molecule has 2 saturated heterocycles. The molecule has 0 radical (unpaired) electrons. The van der Waals surface area contributed by atoms with E-state index in [1.807, 2.05) is 4.90 Å². The Bertz CT molecular complexity index is 943. The lowest BCUT2D eigenvalue weighted by Crippen LogP contribution is -2.65. The largest absolute Gasteiger partial charge is 0.481 e. The number of nitrogens with one attached hydrogen (secondary N) is 2. The Hall–Kier alpha value is -2.17. The molecule has 0 aromatic carbocycles. The van der Waals surface area contributed by atoms with Gasteiger partial charge in [0.15, 0.2) is 0 Å². The van der Waals surface area contributed by atoms with E-state index in [-0.39, 0.29) is 34.9 Å². The van der Waals surface area contributed by atoms with Crippen molar-refractivity contribution in [1.29, 1.82) is 0 Å². The Balaban J connectivity index is 1.24. The van der Waals surface area contributed by atoms with Crippen LogP contribution in [0.25, 0.3) is 0 Å². The van der Waals surface area contributed by atoms with Crippen molar-refractivity contribution in [3.05, 3.63) is 23.9 Å². The molecule has 3 saturated carbocycles. The summed E-state index contributed by atoms with van der Waals surface area (Å²) in [5.74, 6) is 6.35. The minimum atomic E-state index is -0.670. The lowest BCUT2D eigenvalue weighted by Gasteiger charge is -2.64. The van der Waals surface area contributed by atoms with Crippen LogP contribution in [0.2, 0.25) is 0 Å². The summed E-state index contributed by atoms with van der Waals surface area (Å²) in [6, 6.07) is 2.55. The number of carbonyl (C=O) groups is 2. The first kappa shape index (κ1) is 22.6. The van der Waals surface area contributed by atoms with Gasteiger partial charge >= 0.3 is 7.12 Å². The number of hydrogen-bond donors (Lipinski definition) is 3. The number of likely N-dealkylation sites (tertiary alicyclic amines) is 1. The van der Waals surface area contributed by atoms with Crippen LogP contribution in [0.15, 0.2) is 18.3 Å². The summed E-state index contributed by atoms with van der Waals surface area (Å²) in [5, 5.41) is 2.80. The van der Waals surface area contributed by atoms with E-state index in [9.17, 15) is 9.59 Å². The fourth-order valence-electron chi connectivity index (χ4n) is 6.62. The number of amides is 2. The van der Waals surface area contributed by atoms with Crippen molar-refractivity contribution < 1.29 is 18.9 Å². The van der Waals surface area contributed by atoms with Gasteiger partial charge in [-0.3, -0.25) is 9.59 Å². The van der Waals surface area contributed by atoms with Crippen molar-refractivity contribution in [3.63, 3.8) is 0 Å². The van der Waals surface area contributed by atoms with E-state index in [0.29, 0.717) is 29.8 Å². The van der Waals surface area contributed by atoms with Crippen molar-refractivity contribution in [3.8, 4) is 0 Å². The van der Waals surface area contributed by atoms with E-state index in [1.54, 1.807) is 19.1 Å². The third kappa shape index (κ3) is 3.54. The second-order valence-electron chi connectivity index (χ2n) is 10.8. The van der Waals surface area contributed by atoms with E-state index in [0.717, 1.165) is 19.3 Å². The predicted molar refractivity (Wildman–Crippen MR) is 124 cm³/mol. The predicted octanol–water partition coefficient (Wildman–Crippen LogP) is 1.74. The summed E-state index contributed by atoms with van der Waals surface area (Å²) < 4.78 is 13.1. The highest BCUT2D eigenvalue weighted by atomic mass is 16.7. The molecule has 3 heterocycles. The molecule has 5 fully saturated rings. The first-order valence-electron chi connectivity index (χ1n) is 12.0. The number of hydrazine groups is 1. The molecule has 178 valence electrons. The van der Waals surface area contributed by atoms with Crippen LogP contribution < -0.4 is 16.6 Å². The molecule has 2 amide bonds. The quantitative estimate of drug-likeness (QED) is 0.352. The Labute approximate surface area is 195 Å². The van der Waals surface area contributed by atoms with Gasteiger partial charge < -0.3 is 25.0 Å². The number of aromatic nitrogens is 1. The lowest BCUT2D eigenvalue weighted by atomic mass is 9.43. The van der Waals surface area contributed by atoms with Crippen molar-refractivity contribution in [2.75, 3.05) is 12.0 Å². The molecule has 9 nitrogen and oxygen atoms in total. The minimum Gasteiger partial charge on any atom is -0.404 e. The van der Waals surface area contributed by atoms with Gasteiger partial charge in [0.1, 0.15) is 11.9 Å². The molecule has 0 spiro atoms. The minimum absolute atomic E-state index is 0.0902. The first-order chi connectivity index (χ1) is 15.6. The Morgan fingerprint density at radius 2 is 2.09 bits per heavy atom. The van der Waals surface area contributed by atoms with E-state index in [2.05, 4.69) is 36.5 Å². The number of nitrogens with two attached hydrogens (primary N) is 1. The van der Waals surface area contributed by atoms with Crippen LogP contribution in [-0.4, -0.2) is 59.0 Å². The number of nitrogens with zero attached hydrogens (tertiary/aromatic N) is 2. The van der Waals surface area contributed by atoms with Gasteiger partial charge in [-0.25, -0.2) is 10.8 Å². The van der Waals surface area contributed by atoms with E-state index >= 15 is 0 Å². The summed E-state index contributed by atoms with van der Waals surface area (Å²) in [7, 11) is -0.412. The van der Waals surface area contributed by atoms with Gasteiger partial charge in [0.05, 0.1) is 23.2 Å². The van der Waals surface area contributed by atoms with E-state index in [4.69, 9.17) is 15.2 Å². The highest BCUT2D eigenvalue weighted by Gasteiger charge is 2.69. The summed E-state index contributed by atoms with van der Waals surface area (Å²) in [6.45, 7) is 9.24. The second-order valence-corrected chi connectivity index (χ2v) is 10.8. The summed E-state index contributed by atoms with van der Waals surface area (Å²) in [4.78, 5) is 31.8. The Morgan fingerprint density at radius 1 is 1.30 bits per heavy atom. The van der Waals surface area contributed by atoms with Gasteiger partial charge in [-0.1, -0.05) is 13.8 Å². The third-order valence-electron chi connectivity index (χ3n) is 8.76. The Morgan fingerprint density at radius 3 is 2.76 bits per heavy atom. The topological polar surface area (TPSA) is 119 Å². The molecule has 10 heteroatoms. The van der Waals surface area contributed by atoms with Crippen LogP contribution in [0.5, 0.6) is 0 Å². The molecule has 1 aromatic heterocycles. The molecule has 6 atom stereocenters. The van der Waals surface area contributed by atoms with Crippen molar-refractivity contribution in [2.24, 2.45) is 23.1 Å². The summed E-state index contributed by atoms with van der Waals surface area (Å²) in [6.07, 6.45) is 5.48. The SMILES string of the molecule is C[C@@H](NC(=O)c1ccc(NN)nc1)C(=O)N1CCC[C@H]1B1O[C@H]2C[C@H]3C[C@H](C3(C)C)[C@@]2(C)O1. The van der Waals surface area contributed by atoms with Crippen LogP contribution in [0.3, 0.4) is 0 Å². The summed E-state index contributed by atoms with van der Waals surface area (Å²) >= 11 is 0. The number of pyridine rings is 1. The Kier molecular flexibility index (Phi) is 5.45. The average molecular weight is 455 g/mol. The average Bonchev–Trinajstić information content (AvgIpc) is 3.42. The van der Waals surface area contributed by atoms with Gasteiger partial charge in [-0.05, 0) is 68.9 Å². The second kappa shape index (κ2) is 7.96. The number of hydrogen-bond acceptors (Lipinski definition) is 7. The molecular weight excluding hydrogens is 421 g/mol. The van der Waals surface area contributed by atoms with Gasteiger partial charge in [0, 0.05) is 12.7 Å². The zero-order chi connectivity index (χ0) is 23.5. The molecule has 0 unspecified atom stereocenters. The zero-order valence-electron chi connectivity index (χ0n) is 19.8. The summed E-state index contributed by atoms with van der Waals surface area (Å²) in [5.41, 5.74) is 2.78. The number of carbonyl (C=O) groups excluding carboxylic acids is 2.